The Hall–Kier alpha value is -4.14. The van der Waals surface area contributed by atoms with Crippen LogP contribution in [0, 0.1) is 0 Å². The van der Waals surface area contributed by atoms with Crippen LogP contribution in [0.5, 0.6) is 11.5 Å². The van der Waals surface area contributed by atoms with Crippen LogP contribution in [0.25, 0.3) is 11.3 Å². The first-order chi connectivity index (χ1) is 18.9. The van der Waals surface area contributed by atoms with Gasteiger partial charge in [0.25, 0.3) is 5.91 Å². The van der Waals surface area contributed by atoms with E-state index in [1.165, 1.54) is 0 Å². The topological polar surface area (TPSA) is 88.1 Å². The second kappa shape index (κ2) is 13.1. The van der Waals surface area contributed by atoms with Crippen molar-refractivity contribution in [3.63, 3.8) is 0 Å². The highest BCUT2D eigenvalue weighted by atomic mass is 16.5. The predicted molar refractivity (Wildman–Crippen MR) is 151 cm³/mol. The second-order valence-electron chi connectivity index (χ2n) is 9.62. The molecule has 2 amide bonds. The fourth-order valence-corrected chi connectivity index (χ4v) is 4.68. The van der Waals surface area contributed by atoms with E-state index in [0.717, 1.165) is 36.5 Å². The number of benzene rings is 2. The number of anilines is 1. The zero-order valence-electron chi connectivity index (χ0n) is 23.2. The zero-order valence-corrected chi connectivity index (χ0v) is 23.2. The third kappa shape index (κ3) is 6.66. The summed E-state index contributed by atoms with van der Waals surface area (Å²) in [5, 5.41) is 8.92. The molecule has 1 aromatic heterocycles. The highest BCUT2D eigenvalue weighted by Crippen LogP contribution is 2.31. The summed E-state index contributed by atoms with van der Waals surface area (Å²) in [5.74, 6) is 1.92. The van der Waals surface area contributed by atoms with Crippen molar-refractivity contribution in [3.05, 3.63) is 66.2 Å². The number of aromatic nitrogens is 2. The summed E-state index contributed by atoms with van der Waals surface area (Å²) >= 11 is 0. The van der Waals surface area contributed by atoms with Gasteiger partial charge >= 0.3 is 0 Å². The van der Waals surface area contributed by atoms with Gasteiger partial charge in [0.15, 0.2) is 17.3 Å². The monoisotopic (exact) mass is 531 g/mol. The second-order valence-corrected chi connectivity index (χ2v) is 9.62. The number of rotatable bonds is 9. The molecule has 1 aliphatic rings. The van der Waals surface area contributed by atoms with Crippen LogP contribution in [-0.4, -0.2) is 84.8 Å². The molecular weight excluding hydrogens is 494 g/mol. The minimum Gasteiger partial charge on any atom is -0.493 e. The Bertz CT molecular complexity index is 1250. The molecule has 4 rings (SSSR count). The van der Waals surface area contributed by atoms with Gasteiger partial charge in [-0.1, -0.05) is 25.1 Å². The van der Waals surface area contributed by atoms with Crippen molar-refractivity contribution in [3.8, 4) is 22.8 Å². The molecule has 1 aliphatic heterocycles. The minimum absolute atomic E-state index is 0.0312. The Balaban J connectivity index is 1.40. The molecule has 206 valence electrons. The van der Waals surface area contributed by atoms with Crippen LogP contribution in [0.1, 0.15) is 37.0 Å². The lowest BCUT2D eigenvalue weighted by Crippen LogP contribution is -2.47. The largest absolute Gasteiger partial charge is 0.493 e. The molecule has 9 nitrogen and oxygen atoms in total. The summed E-state index contributed by atoms with van der Waals surface area (Å²) in [6.07, 6.45) is 1.58. The Kier molecular flexibility index (Phi) is 9.35. The number of carbonyl (C=O) groups excluding carboxylic acids is 2. The number of methoxy groups -OCH3 is 2. The standard InChI is InChI=1S/C30H37N5O4/c1-5-22(2)35(30(37)23-10-7-6-8-11-23)21-29(36)34-17-9-16-33(18-19-34)28-15-13-25(31-32-28)24-12-14-26(38-3)27(20-24)39-4/h6-8,10-15,20,22H,5,9,16-19,21H2,1-4H3. The van der Waals surface area contributed by atoms with Gasteiger partial charge in [-0.05, 0) is 62.2 Å². The molecule has 0 aliphatic carbocycles. The maximum absolute atomic E-state index is 13.3. The number of hydrogen-bond donors (Lipinski definition) is 0. The lowest BCUT2D eigenvalue weighted by atomic mass is 10.1. The number of hydrogen-bond acceptors (Lipinski definition) is 7. The maximum Gasteiger partial charge on any atom is 0.254 e. The van der Waals surface area contributed by atoms with Crippen LogP contribution in [0.2, 0.25) is 0 Å². The average molecular weight is 532 g/mol. The Morgan fingerprint density at radius 3 is 2.36 bits per heavy atom. The smallest absolute Gasteiger partial charge is 0.254 e. The summed E-state index contributed by atoms with van der Waals surface area (Å²) < 4.78 is 10.7. The van der Waals surface area contributed by atoms with E-state index in [1.54, 1.807) is 31.3 Å². The average Bonchev–Trinajstić information content (AvgIpc) is 3.26. The number of nitrogens with zero attached hydrogens (tertiary/aromatic N) is 5. The number of amides is 2. The molecule has 1 fully saturated rings. The zero-order chi connectivity index (χ0) is 27.8. The molecule has 2 heterocycles. The molecule has 1 atom stereocenters. The van der Waals surface area contributed by atoms with Crippen molar-refractivity contribution in [2.24, 2.45) is 0 Å². The molecule has 0 spiro atoms. The van der Waals surface area contributed by atoms with Crippen LogP contribution in [0.3, 0.4) is 0 Å². The molecule has 2 aromatic carbocycles. The molecule has 0 saturated carbocycles. The summed E-state index contributed by atoms with van der Waals surface area (Å²) in [6.45, 7) is 6.71. The molecule has 0 N–H and O–H groups in total. The fraction of sp³-hybridized carbons (Fsp3) is 0.400. The van der Waals surface area contributed by atoms with Gasteiger partial charge in [-0.15, -0.1) is 10.2 Å². The molecule has 1 unspecified atom stereocenters. The van der Waals surface area contributed by atoms with Crippen LogP contribution in [-0.2, 0) is 4.79 Å². The van der Waals surface area contributed by atoms with Crippen LogP contribution < -0.4 is 14.4 Å². The minimum atomic E-state index is -0.111. The lowest BCUT2D eigenvalue weighted by Gasteiger charge is -2.31. The van der Waals surface area contributed by atoms with Gasteiger partial charge in [0.1, 0.15) is 6.54 Å². The normalized spacial score (nSPS) is 14.4. The van der Waals surface area contributed by atoms with E-state index < -0.39 is 0 Å². The van der Waals surface area contributed by atoms with Crippen LogP contribution in [0.4, 0.5) is 5.82 Å². The summed E-state index contributed by atoms with van der Waals surface area (Å²) in [6, 6.07) is 18.7. The Labute approximate surface area is 230 Å². The van der Waals surface area contributed by atoms with Crippen LogP contribution in [0.15, 0.2) is 60.7 Å². The quantitative estimate of drug-likeness (QED) is 0.410. The molecule has 3 aromatic rings. The SMILES string of the molecule is CCC(C)N(CC(=O)N1CCCN(c2ccc(-c3ccc(OC)c(OC)c3)nn2)CC1)C(=O)c1ccccc1. The van der Waals surface area contributed by atoms with Crippen molar-refractivity contribution in [1.29, 1.82) is 0 Å². The van der Waals surface area contributed by atoms with E-state index in [4.69, 9.17) is 9.47 Å². The molecule has 39 heavy (non-hydrogen) atoms. The highest BCUT2D eigenvalue weighted by Gasteiger charge is 2.27. The molecule has 0 bridgehead atoms. The van der Waals surface area contributed by atoms with E-state index in [9.17, 15) is 9.59 Å². The van der Waals surface area contributed by atoms with E-state index in [0.29, 0.717) is 36.7 Å². The lowest BCUT2D eigenvalue weighted by molar-refractivity contribution is -0.132. The van der Waals surface area contributed by atoms with Crippen molar-refractivity contribution in [1.82, 2.24) is 20.0 Å². The maximum atomic E-state index is 13.3. The van der Waals surface area contributed by atoms with Crippen molar-refractivity contribution in [2.45, 2.75) is 32.7 Å². The van der Waals surface area contributed by atoms with Crippen molar-refractivity contribution >= 4 is 17.6 Å². The van der Waals surface area contributed by atoms with Crippen molar-refractivity contribution in [2.75, 3.05) is 51.8 Å². The summed E-state index contributed by atoms with van der Waals surface area (Å²) in [7, 11) is 3.21. The van der Waals surface area contributed by atoms with E-state index in [-0.39, 0.29) is 24.4 Å². The summed E-state index contributed by atoms with van der Waals surface area (Å²) in [4.78, 5) is 32.2. The predicted octanol–water partition coefficient (Wildman–Crippen LogP) is 4.14. The molecule has 0 radical (unpaired) electrons. The van der Waals surface area contributed by atoms with Gasteiger partial charge in [-0.2, -0.15) is 0 Å². The molecular formula is C30H37N5O4. The molecule has 1 saturated heterocycles. The Morgan fingerprint density at radius 1 is 0.923 bits per heavy atom. The van der Waals surface area contributed by atoms with Gasteiger partial charge in [-0.25, -0.2) is 0 Å². The highest BCUT2D eigenvalue weighted by molar-refractivity contribution is 5.96. The van der Waals surface area contributed by atoms with E-state index in [2.05, 4.69) is 15.1 Å². The first-order valence-electron chi connectivity index (χ1n) is 13.4. The molecule has 9 heteroatoms. The van der Waals surface area contributed by atoms with Crippen LogP contribution >= 0.6 is 0 Å². The number of carbonyl (C=O) groups is 2. The van der Waals surface area contributed by atoms with Gasteiger partial charge in [-0.3, -0.25) is 9.59 Å². The third-order valence-corrected chi connectivity index (χ3v) is 7.21. The van der Waals surface area contributed by atoms with Crippen molar-refractivity contribution < 1.29 is 19.1 Å². The van der Waals surface area contributed by atoms with Gasteiger partial charge in [0.05, 0.1) is 19.9 Å². The van der Waals surface area contributed by atoms with E-state index in [1.807, 2.05) is 67.3 Å². The first kappa shape index (κ1) is 27.9. The fourth-order valence-electron chi connectivity index (χ4n) is 4.68. The summed E-state index contributed by atoms with van der Waals surface area (Å²) in [5.41, 5.74) is 2.22. The van der Waals surface area contributed by atoms with E-state index >= 15 is 0 Å². The van der Waals surface area contributed by atoms with Gasteiger partial charge in [0, 0.05) is 43.3 Å². The third-order valence-electron chi connectivity index (χ3n) is 7.21. The van der Waals surface area contributed by atoms with Gasteiger partial charge < -0.3 is 24.2 Å². The van der Waals surface area contributed by atoms with Gasteiger partial charge in [0.2, 0.25) is 5.91 Å². The first-order valence-corrected chi connectivity index (χ1v) is 13.4. The Morgan fingerprint density at radius 2 is 1.69 bits per heavy atom. The number of ether oxygens (including phenoxy) is 2.